The summed E-state index contributed by atoms with van der Waals surface area (Å²) < 4.78 is 2.46. The predicted octanol–water partition coefficient (Wildman–Crippen LogP) is 3.35. The van der Waals surface area contributed by atoms with Crippen molar-refractivity contribution in [3.63, 3.8) is 0 Å². The van der Waals surface area contributed by atoms with E-state index in [1.54, 1.807) is 29.2 Å². The van der Waals surface area contributed by atoms with Crippen LogP contribution in [0.2, 0.25) is 0 Å². The molecule has 0 aliphatic heterocycles. The van der Waals surface area contributed by atoms with E-state index in [1.165, 1.54) is 4.68 Å². The van der Waals surface area contributed by atoms with Gasteiger partial charge in [0.1, 0.15) is 4.34 Å². The molecule has 0 atom stereocenters. The number of thiazole rings is 1. The van der Waals surface area contributed by atoms with Gasteiger partial charge in [-0.3, -0.25) is 9.89 Å². The minimum atomic E-state index is -0.127. The normalized spacial score (nSPS) is 11.4. The highest BCUT2D eigenvalue weighted by atomic mass is 32.2. The summed E-state index contributed by atoms with van der Waals surface area (Å²) in [5, 5.41) is 5.19. The van der Waals surface area contributed by atoms with E-state index in [4.69, 9.17) is 0 Å². The molecule has 0 unspecified atom stereocenters. The fraction of sp³-hybridized carbons (Fsp3) is 0.188. The van der Waals surface area contributed by atoms with E-state index >= 15 is 0 Å². The van der Waals surface area contributed by atoms with E-state index in [2.05, 4.69) is 32.4 Å². The first-order valence-electron chi connectivity index (χ1n) is 7.56. The number of H-pyrrole nitrogens is 2. The average molecular weight is 357 g/mol. The fourth-order valence-corrected chi connectivity index (χ4v) is 4.21. The number of fused-ring (bicyclic) bond motifs is 1. The van der Waals surface area contributed by atoms with Gasteiger partial charge in [0.05, 0.1) is 16.7 Å². The summed E-state index contributed by atoms with van der Waals surface area (Å²) in [5.41, 5.74) is 3.56. The summed E-state index contributed by atoms with van der Waals surface area (Å²) in [6, 6.07) is 9.31. The quantitative estimate of drug-likeness (QED) is 0.537. The second-order valence-electron chi connectivity index (χ2n) is 5.28. The van der Waals surface area contributed by atoms with Gasteiger partial charge in [0.2, 0.25) is 5.95 Å². The number of aryl methyl sites for hydroxylation is 1. The molecule has 122 valence electrons. The zero-order valence-corrected chi connectivity index (χ0v) is 14.6. The molecule has 0 radical (unpaired) electrons. The number of rotatable bonds is 5. The van der Waals surface area contributed by atoms with Gasteiger partial charge in [0.15, 0.2) is 0 Å². The van der Waals surface area contributed by atoms with E-state index in [0.717, 1.165) is 33.2 Å². The number of benzene rings is 1. The van der Waals surface area contributed by atoms with Crippen molar-refractivity contribution in [1.29, 1.82) is 0 Å². The fourth-order valence-electron chi connectivity index (χ4n) is 2.38. The number of aromatic amines is 2. The summed E-state index contributed by atoms with van der Waals surface area (Å²) in [6.45, 7) is 2.09. The van der Waals surface area contributed by atoms with E-state index in [9.17, 15) is 4.79 Å². The Morgan fingerprint density at radius 3 is 2.96 bits per heavy atom. The highest BCUT2D eigenvalue weighted by Gasteiger charge is 2.10. The number of hydrogen-bond donors (Lipinski definition) is 2. The highest BCUT2D eigenvalue weighted by molar-refractivity contribution is 8.00. The topological polar surface area (TPSA) is 79.4 Å². The Morgan fingerprint density at radius 2 is 2.17 bits per heavy atom. The van der Waals surface area contributed by atoms with Gasteiger partial charge >= 0.3 is 0 Å². The third-order valence-electron chi connectivity index (χ3n) is 3.61. The molecule has 3 aromatic heterocycles. The molecule has 4 aromatic rings. The van der Waals surface area contributed by atoms with Crippen molar-refractivity contribution in [3.8, 4) is 5.95 Å². The third-order valence-corrected chi connectivity index (χ3v) is 5.72. The molecule has 0 aliphatic rings. The molecule has 2 N–H and O–H groups in total. The zero-order chi connectivity index (χ0) is 16.5. The summed E-state index contributed by atoms with van der Waals surface area (Å²) in [4.78, 5) is 24.4. The third kappa shape index (κ3) is 2.90. The molecule has 3 heterocycles. The van der Waals surface area contributed by atoms with Crippen LogP contribution in [0.5, 0.6) is 0 Å². The minimum absolute atomic E-state index is 0.127. The van der Waals surface area contributed by atoms with Crippen LogP contribution in [0.1, 0.15) is 18.3 Å². The number of aromatic nitrogens is 5. The number of imidazole rings is 1. The van der Waals surface area contributed by atoms with Crippen LogP contribution in [-0.2, 0) is 12.2 Å². The smallest absolute Gasteiger partial charge is 0.274 e. The van der Waals surface area contributed by atoms with E-state index in [1.807, 2.05) is 24.3 Å². The molecule has 0 saturated heterocycles. The first-order valence-corrected chi connectivity index (χ1v) is 9.42. The number of nitrogens with zero attached hydrogens (tertiary/aromatic N) is 3. The molecular formula is C16H15N5OS2. The monoisotopic (exact) mass is 357 g/mol. The van der Waals surface area contributed by atoms with Crippen molar-refractivity contribution in [1.82, 2.24) is 24.7 Å². The van der Waals surface area contributed by atoms with Gasteiger partial charge in [0, 0.05) is 22.9 Å². The molecule has 1 aromatic carbocycles. The maximum absolute atomic E-state index is 12.2. The first kappa shape index (κ1) is 15.2. The standard InChI is InChI=1S/C16H15N5OS2/c1-2-10-8-23-16(17-10)24-9-11-7-14(22)21(20-11)15-18-12-5-3-4-6-13(12)19-15/h3-8,20H,2,9H2,1H3,(H,18,19). The lowest BCUT2D eigenvalue weighted by Gasteiger charge is -1.97. The number of nitrogens with one attached hydrogen (secondary N) is 2. The summed E-state index contributed by atoms with van der Waals surface area (Å²) in [7, 11) is 0. The SMILES string of the molecule is CCc1csc(SCc2cc(=O)n(-c3nc4ccccc4[nH]3)[nH]2)n1. The largest absolute Gasteiger partial charge is 0.322 e. The average Bonchev–Trinajstić information content (AvgIpc) is 3.30. The van der Waals surface area contributed by atoms with Gasteiger partial charge in [-0.25, -0.2) is 9.97 Å². The van der Waals surface area contributed by atoms with Crippen molar-refractivity contribution in [2.45, 2.75) is 23.4 Å². The molecule has 24 heavy (non-hydrogen) atoms. The van der Waals surface area contributed by atoms with Gasteiger partial charge in [-0.05, 0) is 18.6 Å². The van der Waals surface area contributed by atoms with Gasteiger partial charge in [-0.15, -0.1) is 11.3 Å². The van der Waals surface area contributed by atoms with Crippen LogP contribution in [0.4, 0.5) is 0 Å². The maximum Gasteiger partial charge on any atom is 0.274 e. The first-order chi connectivity index (χ1) is 11.7. The Kier molecular flexibility index (Phi) is 3.99. The summed E-state index contributed by atoms with van der Waals surface area (Å²) in [6.07, 6.45) is 0.941. The molecule has 0 saturated carbocycles. The molecule has 0 spiro atoms. The van der Waals surface area contributed by atoms with Crippen molar-refractivity contribution < 1.29 is 0 Å². The molecule has 0 bridgehead atoms. The van der Waals surface area contributed by atoms with Crippen molar-refractivity contribution >= 4 is 34.1 Å². The maximum atomic E-state index is 12.2. The van der Waals surface area contributed by atoms with Gasteiger partial charge in [0.25, 0.3) is 5.56 Å². The molecule has 0 fully saturated rings. The van der Waals surface area contributed by atoms with Gasteiger partial charge in [-0.1, -0.05) is 30.8 Å². The summed E-state index contributed by atoms with van der Waals surface area (Å²) >= 11 is 3.26. The molecule has 0 amide bonds. The van der Waals surface area contributed by atoms with Crippen molar-refractivity contribution in [2.75, 3.05) is 0 Å². The lowest BCUT2D eigenvalue weighted by molar-refractivity contribution is 0.789. The van der Waals surface area contributed by atoms with Gasteiger partial charge < -0.3 is 4.98 Å². The Labute approximate surface area is 146 Å². The Balaban J connectivity index is 1.56. The lowest BCUT2D eigenvalue weighted by atomic mass is 10.3. The Bertz CT molecular complexity index is 1010. The Hall–Kier alpha value is -2.32. The zero-order valence-electron chi connectivity index (χ0n) is 12.9. The second kappa shape index (κ2) is 6.29. The second-order valence-corrected chi connectivity index (χ2v) is 7.36. The van der Waals surface area contributed by atoms with Crippen LogP contribution in [0, 0.1) is 0 Å². The molecule has 6 nitrogen and oxygen atoms in total. The van der Waals surface area contributed by atoms with Gasteiger partial charge in [-0.2, -0.15) is 4.68 Å². The molecule has 4 rings (SSSR count). The van der Waals surface area contributed by atoms with Crippen LogP contribution in [-0.4, -0.2) is 24.7 Å². The lowest BCUT2D eigenvalue weighted by Crippen LogP contribution is -2.14. The van der Waals surface area contributed by atoms with Crippen LogP contribution >= 0.6 is 23.1 Å². The Morgan fingerprint density at radius 1 is 1.29 bits per heavy atom. The van der Waals surface area contributed by atoms with Crippen LogP contribution < -0.4 is 5.56 Å². The molecule has 0 aliphatic carbocycles. The van der Waals surface area contributed by atoms with Crippen LogP contribution in [0.15, 0.2) is 44.8 Å². The number of para-hydroxylation sites is 2. The molecular weight excluding hydrogens is 342 g/mol. The molecule has 8 heteroatoms. The number of hydrogen-bond acceptors (Lipinski definition) is 5. The predicted molar refractivity (Wildman–Crippen MR) is 97.1 cm³/mol. The van der Waals surface area contributed by atoms with E-state index in [-0.39, 0.29) is 5.56 Å². The van der Waals surface area contributed by atoms with Crippen molar-refractivity contribution in [3.05, 3.63) is 57.5 Å². The number of thioether (sulfide) groups is 1. The van der Waals surface area contributed by atoms with Crippen LogP contribution in [0.3, 0.4) is 0 Å². The van der Waals surface area contributed by atoms with Crippen molar-refractivity contribution in [2.24, 2.45) is 0 Å². The highest BCUT2D eigenvalue weighted by Crippen LogP contribution is 2.25. The van der Waals surface area contributed by atoms with E-state index < -0.39 is 0 Å². The van der Waals surface area contributed by atoms with Crippen LogP contribution in [0.25, 0.3) is 17.0 Å². The summed E-state index contributed by atoms with van der Waals surface area (Å²) in [5.74, 6) is 1.17. The minimum Gasteiger partial charge on any atom is -0.322 e. The van der Waals surface area contributed by atoms with E-state index in [0.29, 0.717) is 11.7 Å².